The minimum atomic E-state index is -1.17. The number of hydrogen-bond donors (Lipinski definition) is 2. The van der Waals surface area contributed by atoms with Gasteiger partial charge >= 0.3 is 5.97 Å². The van der Waals surface area contributed by atoms with Crippen molar-refractivity contribution in [3.05, 3.63) is 58.3 Å². The Balaban J connectivity index is 2.28. The molecule has 0 radical (unpaired) electrons. The number of pyridine rings is 1. The summed E-state index contributed by atoms with van der Waals surface area (Å²) < 4.78 is 0.815. The first-order valence-corrected chi connectivity index (χ1v) is 6.11. The number of halogens is 1. The zero-order valence-electron chi connectivity index (χ0n) is 9.63. The molecule has 0 aliphatic heterocycles. The van der Waals surface area contributed by atoms with Crippen molar-refractivity contribution < 1.29 is 14.7 Å². The van der Waals surface area contributed by atoms with E-state index in [0.717, 1.165) is 4.47 Å². The van der Waals surface area contributed by atoms with E-state index >= 15 is 0 Å². The second-order valence-electron chi connectivity index (χ2n) is 3.69. The van der Waals surface area contributed by atoms with Crippen molar-refractivity contribution >= 4 is 33.5 Å². The minimum absolute atomic E-state index is 0.0231. The quantitative estimate of drug-likeness (QED) is 0.911. The number of carbonyl (C=O) groups excluding carboxylic acids is 1. The molecule has 2 rings (SSSR count). The van der Waals surface area contributed by atoms with Gasteiger partial charge in [-0.2, -0.15) is 0 Å². The lowest BCUT2D eigenvalue weighted by molar-refractivity contribution is 0.0692. The highest BCUT2D eigenvalue weighted by Crippen LogP contribution is 2.17. The van der Waals surface area contributed by atoms with Gasteiger partial charge in [0.25, 0.3) is 5.91 Å². The molecule has 0 saturated carbocycles. The second-order valence-corrected chi connectivity index (χ2v) is 4.61. The maximum Gasteiger partial charge on any atom is 0.336 e. The number of hydrogen-bond acceptors (Lipinski definition) is 3. The fourth-order valence-electron chi connectivity index (χ4n) is 1.53. The number of benzene rings is 1. The first-order valence-electron chi connectivity index (χ1n) is 5.32. The van der Waals surface area contributed by atoms with Crippen LogP contribution in [0.25, 0.3) is 0 Å². The van der Waals surface area contributed by atoms with Crippen LogP contribution in [-0.4, -0.2) is 22.0 Å². The molecule has 0 bridgehead atoms. The van der Waals surface area contributed by atoms with Gasteiger partial charge in [-0.1, -0.05) is 22.0 Å². The number of nitrogens with one attached hydrogen (secondary N) is 1. The van der Waals surface area contributed by atoms with Crippen LogP contribution in [0.5, 0.6) is 0 Å². The molecule has 19 heavy (non-hydrogen) atoms. The number of anilines is 1. The molecular weight excluding hydrogens is 312 g/mol. The van der Waals surface area contributed by atoms with Crippen molar-refractivity contribution in [2.75, 3.05) is 5.32 Å². The van der Waals surface area contributed by atoms with Crippen LogP contribution in [0.4, 0.5) is 5.69 Å². The molecule has 1 heterocycles. The topological polar surface area (TPSA) is 79.3 Å². The monoisotopic (exact) mass is 320 g/mol. The minimum Gasteiger partial charge on any atom is -0.478 e. The molecule has 0 unspecified atom stereocenters. The van der Waals surface area contributed by atoms with Gasteiger partial charge in [0.1, 0.15) is 0 Å². The van der Waals surface area contributed by atoms with E-state index in [-0.39, 0.29) is 11.1 Å². The summed E-state index contributed by atoms with van der Waals surface area (Å²) in [6.07, 6.45) is 2.57. The number of aromatic nitrogens is 1. The van der Waals surface area contributed by atoms with Crippen molar-refractivity contribution in [2.24, 2.45) is 0 Å². The van der Waals surface area contributed by atoms with Gasteiger partial charge < -0.3 is 10.4 Å². The predicted molar refractivity (Wildman–Crippen MR) is 73.3 cm³/mol. The summed E-state index contributed by atoms with van der Waals surface area (Å²) in [6.45, 7) is 0. The normalized spacial score (nSPS) is 9.95. The fourth-order valence-corrected chi connectivity index (χ4v) is 1.93. The highest BCUT2D eigenvalue weighted by molar-refractivity contribution is 9.10. The Morgan fingerprint density at radius 1 is 1.21 bits per heavy atom. The van der Waals surface area contributed by atoms with Crippen LogP contribution in [0.2, 0.25) is 0 Å². The highest BCUT2D eigenvalue weighted by Gasteiger charge is 2.16. The lowest BCUT2D eigenvalue weighted by Crippen LogP contribution is -2.16. The Bertz CT molecular complexity index is 643. The fraction of sp³-hybridized carbons (Fsp3) is 0. The second kappa shape index (κ2) is 5.62. The number of carbonyl (C=O) groups is 2. The van der Waals surface area contributed by atoms with E-state index in [9.17, 15) is 9.59 Å². The SMILES string of the molecule is O=C(O)c1ccncc1C(=O)Nc1cccc(Br)c1. The van der Waals surface area contributed by atoms with E-state index in [4.69, 9.17) is 5.11 Å². The summed E-state index contributed by atoms with van der Waals surface area (Å²) in [4.78, 5) is 26.8. The van der Waals surface area contributed by atoms with E-state index in [2.05, 4.69) is 26.2 Å². The lowest BCUT2D eigenvalue weighted by atomic mass is 10.1. The molecule has 6 heteroatoms. The third-order valence-corrected chi connectivity index (χ3v) is 2.87. The van der Waals surface area contributed by atoms with E-state index in [1.54, 1.807) is 18.2 Å². The summed E-state index contributed by atoms with van der Waals surface area (Å²) in [6, 6.07) is 8.30. The third kappa shape index (κ3) is 3.17. The molecule has 96 valence electrons. The summed E-state index contributed by atoms with van der Waals surface area (Å²) in [5, 5.41) is 11.6. The number of carboxylic acid groups (broad SMARTS) is 1. The third-order valence-electron chi connectivity index (χ3n) is 2.38. The van der Waals surface area contributed by atoms with Gasteiger partial charge in [-0.3, -0.25) is 9.78 Å². The van der Waals surface area contributed by atoms with Gasteiger partial charge in [0.15, 0.2) is 0 Å². The average Bonchev–Trinajstić information content (AvgIpc) is 2.38. The van der Waals surface area contributed by atoms with Crippen LogP contribution in [0.3, 0.4) is 0 Å². The largest absolute Gasteiger partial charge is 0.478 e. The number of rotatable bonds is 3. The van der Waals surface area contributed by atoms with Crippen LogP contribution in [-0.2, 0) is 0 Å². The van der Waals surface area contributed by atoms with Crippen LogP contribution >= 0.6 is 15.9 Å². The molecule has 5 nitrogen and oxygen atoms in total. The summed E-state index contributed by atoms with van der Waals surface area (Å²) in [5.74, 6) is -1.68. The van der Waals surface area contributed by atoms with Gasteiger partial charge in [0.2, 0.25) is 0 Å². The first kappa shape index (κ1) is 13.2. The number of aromatic carboxylic acids is 1. The molecule has 2 N–H and O–H groups in total. The van der Waals surface area contributed by atoms with E-state index in [0.29, 0.717) is 5.69 Å². The molecule has 0 atom stereocenters. The maximum absolute atomic E-state index is 12.0. The van der Waals surface area contributed by atoms with Gasteiger partial charge in [-0.25, -0.2) is 4.79 Å². The van der Waals surface area contributed by atoms with Crippen LogP contribution in [0, 0.1) is 0 Å². The molecule has 0 aliphatic rings. The summed E-state index contributed by atoms with van der Waals surface area (Å²) in [7, 11) is 0. The van der Waals surface area contributed by atoms with Crippen LogP contribution in [0.1, 0.15) is 20.7 Å². The smallest absolute Gasteiger partial charge is 0.336 e. The van der Waals surface area contributed by atoms with E-state index in [1.807, 2.05) is 6.07 Å². The van der Waals surface area contributed by atoms with Gasteiger partial charge in [-0.05, 0) is 24.3 Å². The number of nitrogens with zero attached hydrogens (tertiary/aromatic N) is 1. The van der Waals surface area contributed by atoms with Gasteiger partial charge in [-0.15, -0.1) is 0 Å². The average molecular weight is 321 g/mol. The Morgan fingerprint density at radius 3 is 2.68 bits per heavy atom. The number of carboxylic acids is 1. The molecule has 0 aliphatic carbocycles. The molecule has 2 aromatic rings. The van der Waals surface area contributed by atoms with Gasteiger partial charge in [0, 0.05) is 22.6 Å². The Hall–Kier alpha value is -2.21. The zero-order chi connectivity index (χ0) is 13.8. The van der Waals surface area contributed by atoms with Gasteiger partial charge in [0.05, 0.1) is 11.1 Å². The molecule has 0 saturated heterocycles. The maximum atomic E-state index is 12.0. The zero-order valence-corrected chi connectivity index (χ0v) is 11.2. The molecule has 0 fully saturated rings. The molecule has 1 amide bonds. The lowest BCUT2D eigenvalue weighted by Gasteiger charge is -2.07. The van der Waals surface area contributed by atoms with Crippen molar-refractivity contribution in [2.45, 2.75) is 0 Å². The molecule has 1 aromatic carbocycles. The predicted octanol–water partition coefficient (Wildman–Crippen LogP) is 2.79. The van der Waals surface area contributed by atoms with Crippen LogP contribution < -0.4 is 5.32 Å². The summed E-state index contributed by atoms with van der Waals surface area (Å²) in [5.41, 5.74) is 0.511. The molecule has 1 aromatic heterocycles. The standard InChI is InChI=1S/C13H9BrN2O3/c14-8-2-1-3-9(6-8)16-12(17)11-7-15-5-4-10(11)13(18)19/h1-7H,(H,16,17)(H,18,19). The first-order chi connectivity index (χ1) is 9.08. The summed E-state index contributed by atoms with van der Waals surface area (Å²) >= 11 is 3.29. The van der Waals surface area contributed by atoms with Crippen molar-refractivity contribution in [1.82, 2.24) is 4.98 Å². The van der Waals surface area contributed by atoms with Crippen molar-refractivity contribution in [3.63, 3.8) is 0 Å². The molecular formula is C13H9BrN2O3. The highest BCUT2D eigenvalue weighted by atomic mass is 79.9. The molecule has 0 spiro atoms. The van der Waals surface area contributed by atoms with E-state index < -0.39 is 11.9 Å². The van der Waals surface area contributed by atoms with Crippen molar-refractivity contribution in [1.29, 1.82) is 0 Å². The van der Waals surface area contributed by atoms with E-state index in [1.165, 1.54) is 18.5 Å². The Labute approximate surface area is 117 Å². The number of amides is 1. The van der Waals surface area contributed by atoms with Crippen LogP contribution in [0.15, 0.2) is 47.2 Å². The Morgan fingerprint density at radius 2 is 2.00 bits per heavy atom. The van der Waals surface area contributed by atoms with Crippen molar-refractivity contribution in [3.8, 4) is 0 Å². The Kier molecular flexibility index (Phi) is 3.91.